The van der Waals surface area contributed by atoms with Crippen LogP contribution in [0.1, 0.15) is 86.0 Å². The summed E-state index contributed by atoms with van der Waals surface area (Å²) in [6.07, 6.45) is 6.44. The van der Waals surface area contributed by atoms with E-state index in [4.69, 9.17) is 10.5 Å². The smallest absolute Gasteiger partial charge is 0.251 e. The van der Waals surface area contributed by atoms with Gasteiger partial charge in [-0.25, -0.2) is 4.99 Å². The standard InChI is InChI=1S/C20H21NO2.C8H15N3O/c1-13-6-7-15-12-16(9-11-19(15)23-13)20(22)21-18-10-8-14-4-2-3-5-17(14)18;1-3-8(4-2)5-6(12)10-7(9)11-8/h2-5,9,11-13,18H,6-8,10H2,1H3,(H,21,22);3-5H2,1-2H3,(H3,9,10,11,12). The van der Waals surface area contributed by atoms with Crippen molar-refractivity contribution in [3.8, 4) is 5.75 Å². The van der Waals surface area contributed by atoms with Gasteiger partial charge in [0.05, 0.1) is 24.1 Å². The van der Waals surface area contributed by atoms with Gasteiger partial charge < -0.3 is 15.8 Å². The summed E-state index contributed by atoms with van der Waals surface area (Å²) in [4.78, 5) is 28.0. The lowest BCUT2D eigenvalue weighted by molar-refractivity contribution is -0.121. The third kappa shape index (κ3) is 5.66. The van der Waals surface area contributed by atoms with Crippen molar-refractivity contribution in [1.29, 1.82) is 0 Å². The van der Waals surface area contributed by atoms with Crippen molar-refractivity contribution in [3.05, 3.63) is 64.7 Å². The van der Waals surface area contributed by atoms with E-state index in [9.17, 15) is 9.59 Å². The molecular formula is C28H36N4O3. The van der Waals surface area contributed by atoms with Crippen molar-refractivity contribution >= 4 is 17.8 Å². The van der Waals surface area contributed by atoms with Gasteiger partial charge in [0.1, 0.15) is 5.75 Å². The maximum atomic E-state index is 12.6. The Morgan fingerprint density at radius 1 is 1.14 bits per heavy atom. The molecule has 3 aliphatic rings. The number of benzene rings is 2. The molecule has 0 aromatic heterocycles. The second-order valence-corrected chi connectivity index (χ2v) is 9.71. The number of carbonyl (C=O) groups is 2. The Balaban J connectivity index is 0.000000204. The van der Waals surface area contributed by atoms with E-state index in [1.165, 1.54) is 11.1 Å². The minimum atomic E-state index is -0.244. The molecule has 0 bridgehead atoms. The number of hydrogen-bond acceptors (Lipinski definition) is 5. The molecule has 0 spiro atoms. The number of nitrogens with two attached hydrogens (primary N) is 1. The average molecular weight is 477 g/mol. The molecule has 35 heavy (non-hydrogen) atoms. The first-order valence-electron chi connectivity index (χ1n) is 12.7. The third-order valence-corrected chi connectivity index (χ3v) is 7.34. The Labute approximate surface area is 207 Å². The van der Waals surface area contributed by atoms with Crippen LogP contribution in [0.15, 0.2) is 47.5 Å². The second-order valence-electron chi connectivity index (χ2n) is 9.71. The molecule has 186 valence electrons. The van der Waals surface area contributed by atoms with E-state index < -0.39 is 0 Å². The molecule has 7 nitrogen and oxygen atoms in total. The van der Waals surface area contributed by atoms with Gasteiger partial charge in [0.25, 0.3) is 5.91 Å². The van der Waals surface area contributed by atoms with Gasteiger partial charge in [-0.1, -0.05) is 38.1 Å². The van der Waals surface area contributed by atoms with Gasteiger partial charge in [-0.15, -0.1) is 0 Å². The second kappa shape index (κ2) is 10.5. The number of guanidine groups is 1. The van der Waals surface area contributed by atoms with Gasteiger partial charge in [-0.3, -0.25) is 14.9 Å². The van der Waals surface area contributed by atoms with Gasteiger partial charge >= 0.3 is 0 Å². The fraction of sp³-hybridized carbons (Fsp3) is 0.464. The van der Waals surface area contributed by atoms with Crippen LogP contribution in [0.2, 0.25) is 0 Å². The highest BCUT2D eigenvalue weighted by Crippen LogP contribution is 2.32. The van der Waals surface area contributed by atoms with Crippen LogP contribution in [0.3, 0.4) is 0 Å². The van der Waals surface area contributed by atoms with E-state index in [2.05, 4.69) is 40.7 Å². The fourth-order valence-corrected chi connectivity index (χ4v) is 5.08. The molecule has 2 unspecified atom stereocenters. The number of rotatable bonds is 4. The molecule has 2 aromatic carbocycles. The Kier molecular flexibility index (Phi) is 7.43. The summed E-state index contributed by atoms with van der Waals surface area (Å²) in [5.74, 6) is 1.17. The summed E-state index contributed by atoms with van der Waals surface area (Å²) in [6, 6.07) is 14.3. The van der Waals surface area contributed by atoms with Crippen molar-refractivity contribution in [1.82, 2.24) is 10.6 Å². The van der Waals surface area contributed by atoms with Crippen LogP contribution in [0.4, 0.5) is 0 Å². The predicted octanol–water partition coefficient (Wildman–Crippen LogP) is 4.20. The molecular weight excluding hydrogens is 440 g/mol. The fourth-order valence-electron chi connectivity index (χ4n) is 5.08. The monoisotopic (exact) mass is 476 g/mol. The lowest BCUT2D eigenvalue weighted by atomic mass is 9.88. The molecule has 1 aliphatic carbocycles. The van der Waals surface area contributed by atoms with Crippen LogP contribution in [0, 0.1) is 0 Å². The highest BCUT2D eigenvalue weighted by Gasteiger charge is 2.32. The Bertz CT molecular complexity index is 1120. The lowest BCUT2D eigenvalue weighted by Gasteiger charge is -2.30. The van der Waals surface area contributed by atoms with Crippen LogP contribution < -0.4 is 21.1 Å². The van der Waals surface area contributed by atoms with Crippen molar-refractivity contribution in [2.75, 3.05) is 0 Å². The largest absolute Gasteiger partial charge is 0.490 e. The van der Waals surface area contributed by atoms with E-state index in [0.717, 1.165) is 55.4 Å². The third-order valence-electron chi connectivity index (χ3n) is 7.34. The summed E-state index contributed by atoms with van der Waals surface area (Å²) in [7, 11) is 0. The number of aliphatic imine (C=N–C) groups is 1. The Hall–Kier alpha value is -3.35. The first kappa shape index (κ1) is 24.8. The molecule has 0 saturated heterocycles. The highest BCUT2D eigenvalue weighted by atomic mass is 16.5. The molecule has 0 radical (unpaired) electrons. The maximum Gasteiger partial charge on any atom is 0.251 e. The molecule has 7 heteroatoms. The van der Waals surface area contributed by atoms with Crippen molar-refractivity contribution < 1.29 is 14.3 Å². The zero-order chi connectivity index (χ0) is 25.0. The minimum absolute atomic E-state index is 0.00752. The normalized spacial score (nSPS) is 21.8. The number of nitrogens with one attached hydrogen (secondary N) is 2. The predicted molar refractivity (Wildman–Crippen MR) is 138 cm³/mol. The Morgan fingerprint density at radius 3 is 2.63 bits per heavy atom. The SMILES string of the molecule is CC1CCc2cc(C(=O)NC3CCc4ccccc43)ccc2O1.CCC1(CC)CC(=O)NC(N)=N1. The van der Waals surface area contributed by atoms with Crippen LogP contribution in [0.5, 0.6) is 5.75 Å². The van der Waals surface area contributed by atoms with Crippen LogP contribution >= 0.6 is 0 Å². The van der Waals surface area contributed by atoms with Crippen LogP contribution in [0.25, 0.3) is 0 Å². The topological polar surface area (TPSA) is 106 Å². The molecule has 4 N–H and O–H groups in total. The molecule has 2 atom stereocenters. The average Bonchev–Trinajstić information content (AvgIpc) is 3.26. The molecule has 2 amide bonds. The van der Waals surface area contributed by atoms with E-state index >= 15 is 0 Å². The number of fused-ring (bicyclic) bond motifs is 2. The van der Waals surface area contributed by atoms with E-state index in [1.54, 1.807) is 0 Å². The highest BCUT2D eigenvalue weighted by molar-refractivity contribution is 5.98. The van der Waals surface area contributed by atoms with Gasteiger partial charge in [-0.2, -0.15) is 0 Å². The van der Waals surface area contributed by atoms with Gasteiger partial charge in [-0.05, 0) is 80.3 Å². The van der Waals surface area contributed by atoms with Crippen LogP contribution in [-0.4, -0.2) is 29.4 Å². The molecule has 5 rings (SSSR count). The zero-order valence-electron chi connectivity index (χ0n) is 20.9. The molecule has 0 fully saturated rings. The molecule has 2 heterocycles. The van der Waals surface area contributed by atoms with Crippen molar-refractivity contribution in [2.45, 2.75) is 83.4 Å². The van der Waals surface area contributed by atoms with Crippen molar-refractivity contribution in [2.24, 2.45) is 10.7 Å². The molecule has 0 saturated carbocycles. The number of nitrogens with zero attached hydrogens (tertiary/aromatic N) is 1. The summed E-state index contributed by atoms with van der Waals surface area (Å²) >= 11 is 0. The lowest BCUT2D eigenvalue weighted by Crippen LogP contribution is -2.48. The van der Waals surface area contributed by atoms with Crippen LogP contribution in [-0.2, 0) is 17.6 Å². The summed E-state index contributed by atoms with van der Waals surface area (Å²) in [5.41, 5.74) is 9.71. The quantitative estimate of drug-likeness (QED) is 0.615. The Morgan fingerprint density at radius 2 is 1.89 bits per heavy atom. The van der Waals surface area contributed by atoms with E-state index in [1.807, 2.05) is 38.1 Å². The van der Waals surface area contributed by atoms with Gasteiger partial charge in [0.2, 0.25) is 5.91 Å². The summed E-state index contributed by atoms with van der Waals surface area (Å²) < 4.78 is 5.81. The van der Waals surface area contributed by atoms with Gasteiger partial charge in [0.15, 0.2) is 5.96 Å². The number of aryl methyl sites for hydroxylation is 2. The zero-order valence-corrected chi connectivity index (χ0v) is 20.9. The first-order chi connectivity index (χ1) is 16.8. The summed E-state index contributed by atoms with van der Waals surface area (Å²) in [6.45, 7) is 6.14. The number of ether oxygens (including phenoxy) is 1. The minimum Gasteiger partial charge on any atom is -0.490 e. The van der Waals surface area contributed by atoms with Crippen molar-refractivity contribution in [3.63, 3.8) is 0 Å². The van der Waals surface area contributed by atoms with E-state index in [0.29, 0.717) is 6.42 Å². The molecule has 2 aromatic rings. The van der Waals surface area contributed by atoms with E-state index in [-0.39, 0.29) is 35.5 Å². The first-order valence-corrected chi connectivity index (χ1v) is 12.7. The number of amides is 2. The molecule has 2 aliphatic heterocycles. The number of hydrogen-bond donors (Lipinski definition) is 3. The van der Waals surface area contributed by atoms with Gasteiger partial charge in [0, 0.05) is 5.56 Å². The maximum absolute atomic E-state index is 12.6. The number of carbonyl (C=O) groups excluding carboxylic acids is 2. The summed E-state index contributed by atoms with van der Waals surface area (Å²) in [5, 5.41) is 5.68.